The minimum atomic E-state index is -0.342. The Morgan fingerprint density at radius 3 is 2.56 bits per heavy atom. The summed E-state index contributed by atoms with van der Waals surface area (Å²) >= 11 is 0. The Bertz CT molecular complexity index is 503. The van der Waals surface area contributed by atoms with Crippen LogP contribution in [0.2, 0.25) is 0 Å². The monoisotopic (exact) mass is 245 g/mol. The topological polar surface area (TPSA) is 82.0 Å². The van der Waals surface area contributed by atoms with Crippen LogP contribution >= 0.6 is 0 Å². The molecular weight excluding hydrogens is 230 g/mol. The first kappa shape index (κ1) is 13.7. The third kappa shape index (κ3) is 3.91. The number of nitrogens with one attached hydrogen (secondary N) is 2. The van der Waals surface area contributed by atoms with Gasteiger partial charge in [-0.2, -0.15) is 5.26 Å². The molecule has 1 aromatic carbocycles. The number of rotatable bonds is 4. The lowest BCUT2D eigenvalue weighted by Crippen LogP contribution is -2.12. The van der Waals surface area contributed by atoms with Crippen molar-refractivity contribution in [2.24, 2.45) is 0 Å². The van der Waals surface area contributed by atoms with Crippen LogP contribution in [0.4, 0.5) is 11.4 Å². The van der Waals surface area contributed by atoms with Crippen molar-refractivity contribution in [2.45, 2.75) is 26.7 Å². The summed E-state index contributed by atoms with van der Waals surface area (Å²) in [4.78, 5) is 22.5. The van der Waals surface area contributed by atoms with Crippen LogP contribution in [-0.2, 0) is 9.59 Å². The van der Waals surface area contributed by atoms with Gasteiger partial charge >= 0.3 is 0 Å². The average molecular weight is 245 g/mol. The molecule has 2 N–H and O–H groups in total. The normalized spacial score (nSPS) is 9.39. The Labute approximate surface area is 106 Å². The summed E-state index contributed by atoms with van der Waals surface area (Å²) in [7, 11) is 0. The fraction of sp³-hybridized carbons (Fsp3) is 0.308. The third-order valence-electron chi connectivity index (χ3n) is 2.34. The number of aryl methyl sites for hydroxylation is 1. The summed E-state index contributed by atoms with van der Waals surface area (Å²) in [5, 5.41) is 13.8. The van der Waals surface area contributed by atoms with Crippen molar-refractivity contribution in [1.82, 2.24) is 0 Å². The van der Waals surface area contributed by atoms with Gasteiger partial charge in [0.15, 0.2) is 0 Å². The lowest BCUT2D eigenvalue weighted by Gasteiger charge is -2.10. The van der Waals surface area contributed by atoms with Gasteiger partial charge in [-0.3, -0.25) is 9.59 Å². The molecule has 0 saturated heterocycles. The molecule has 0 spiro atoms. The van der Waals surface area contributed by atoms with Crippen molar-refractivity contribution in [3.8, 4) is 6.07 Å². The van der Waals surface area contributed by atoms with Crippen LogP contribution in [0, 0.1) is 18.3 Å². The highest BCUT2D eigenvalue weighted by atomic mass is 16.2. The molecule has 2 amide bonds. The molecular formula is C13H15N3O2. The summed E-state index contributed by atoms with van der Waals surface area (Å²) in [6, 6.07) is 6.97. The number of carbonyl (C=O) groups excluding carboxylic acids is 2. The number of nitrogens with zero attached hydrogens (tertiary/aromatic N) is 1. The van der Waals surface area contributed by atoms with Gasteiger partial charge in [0.1, 0.15) is 6.42 Å². The minimum Gasteiger partial charge on any atom is -0.326 e. The maximum Gasteiger partial charge on any atom is 0.238 e. The molecule has 5 nitrogen and oxygen atoms in total. The number of hydrogen-bond donors (Lipinski definition) is 2. The Morgan fingerprint density at radius 1 is 1.28 bits per heavy atom. The van der Waals surface area contributed by atoms with Crippen LogP contribution in [0.15, 0.2) is 18.2 Å². The molecule has 94 valence electrons. The van der Waals surface area contributed by atoms with E-state index in [1.165, 1.54) is 0 Å². The fourth-order valence-corrected chi connectivity index (χ4v) is 1.40. The summed E-state index contributed by atoms with van der Waals surface area (Å²) in [5.41, 5.74) is 2.16. The first-order valence-electron chi connectivity index (χ1n) is 5.64. The van der Waals surface area contributed by atoms with Gasteiger partial charge in [-0.25, -0.2) is 0 Å². The summed E-state index contributed by atoms with van der Waals surface area (Å²) < 4.78 is 0. The van der Waals surface area contributed by atoms with Crippen LogP contribution in [0.1, 0.15) is 25.3 Å². The second-order valence-electron chi connectivity index (χ2n) is 3.81. The van der Waals surface area contributed by atoms with Crippen LogP contribution in [-0.4, -0.2) is 11.8 Å². The molecule has 0 fully saturated rings. The Kier molecular flexibility index (Phi) is 4.88. The van der Waals surface area contributed by atoms with E-state index in [9.17, 15) is 9.59 Å². The predicted molar refractivity (Wildman–Crippen MR) is 69.0 cm³/mol. The first-order chi connectivity index (χ1) is 8.56. The maximum absolute atomic E-state index is 11.3. The van der Waals surface area contributed by atoms with E-state index in [0.29, 0.717) is 17.8 Å². The molecule has 0 radical (unpaired) electrons. The molecule has 0 aromatic heterocycles. The van der Waals surface area contributed by atoms with Crippen molar-refractivity contribution in [1.29, 1.82) is 5.26 Å². The number of hydrogen-bond acceptors (Lipinski definition) is 3. The predicted octanol–water partition coefficient (Wildman–Crippen LogP) is 2.20. The molecule has 0 heterocycles. The molecule has 1 aromatic rings. The fourth-order valence-electron chi connectivity index (χ4n) is 1.40. The van der Waals surface area contributed by atoms with E-state index in [1.807, 2.05) is 6.92 Å². The Hall–Kier alpha value is -2.35. The van der Waals surface area contributed by atoms with E-state index in [4.69, 9.17) is 5.26 Å². The largest absolute Gasteiger partial charge is 0.326 e. The molecule has 5 heteroatoms. The van der Waals surface area contributed by atoms with E-state index in [-0.39, 0.29) is 18.2 Å². The minimum absolute atomic E-state index is 0.0596. The van der Waals surface area contributed by atoms with Crippen LogP contribution in [0.5, 0.6) is 0 Å². The summed E-state index contributed by atoms with van der Waals surface area (Å²) in [6.07, 6.45) is 0.244. The second kappa shape index (κ2) is 6.40. The van der Waals surface area contributed by atoms with E-state index in [2.05, 4.69) is 10.6 Å². The Morgan fingerprint density at radius 2 is 2.00 bits per heavy atom. The second-order valence-corrected chi connectivity index (χ2v) is 3.81. The van der Waals surface area contributed by atoms with E-state index in [1.54, 1.807) is 31.2 Å². The standard InChI is InChI=1S/C13H15N3O2/c1-3-12(17)15-10-4-5-11(9(2)8-10)16-13(18)6-7-14/h4-5,8H,3,6H2,1-2H3,(H,15,17)(H,16,18). The average Bonchev–Trinajstić information content (AvgIpc) is 2.33. The molecule has 0 atom stereocenters. The van der Waals surface area contributed by atoms with Gasteiger partial charge in [0.05, 0.1) is 6.07 Å². The molecule has 0 aliphatic rings. The number of amides is 2. The van der Waals surface area contributed by atoms with Crippen molar-refractivity contribution >= 4 is 23.2 Å². The first-order valence-corrected chi connectivity index (χ1v) is 5.64. The third-order valence-corrected chi connectivity index (χ3v) is 2.34. The van der Waals surface area contributed by atoms with Gasteiger partial charge in [-0.1, -0.05) is 6.92 Å². The van der Waals surface area contributed by atoms with Crippen LogP contribution in [0.25, 0.3) is 0 Å². The van der Waals surface area contributed by atoms with Crippen LogP contribution < -0.4 is 10.6 Å². The van der Waals surface area contributed by atoms with E-state index >= 15 is 0 Å². The number of anilines is 2. The van der Waals surface area contributed by atoms with Gasteiger partial charge < -0.3 is 10.6 Å². The molecule has 0 unspecified atom stereocenters. The van der Waals surface area contributed by atoms with Gasteiger partial charge in [0.2, 0.25) is 11.8 Å². The molecule has 0 aliphatic carbocycles. The number of nitriles is 1. The summed E-state index contributed by atoms with van der Waals surface area (Å²) in [6.45, 7) is 3.60. The zero-order chi connectivity index (χ0) is 13.5. The van der Waals surface area contributed by atoms with Crippen molar-refractivity contribution in [3.63, 3.8) is 0 Å². The lowest BCUT2D eigenvalue weighted by molar-refractivity contribution is -0.116. The van der Waals surface area contributed by atoms with Crippen LogP contribution in [0.3, 0.4) is 0 Å². The zero-order valence-electron chi connectivity index (χ0n) is 10.4. The number of carbonyl (C=O) groups is 2. The highest BCUT2D eigenvalue weighted by molar-refractivity contribution is 5.94. The molecule has 0 aliphatic heterocycles. The van der Waals surface area contributed by atoms with Crippen molar-refractivity contribution in [3.05, 3.63) is 23.8 Å². The van der Waals surface area contributed by atoms with Gasteiger partial charge in [-0.15, -0.1) is 0 Å². The summed E-state index contributed by atoms with van der Waals surface area (Å²) in [5.74, 6) is -0.401. The van der Waals surface area contributed by atoms with Crippen molar-refractivity contribution < 1.29 is 9.59 Å². The zero-order valence-corrected chi connectivity index (χ0v) is 10.4. The highest BCUT2D eigenvalue weighted by Crippen LogP contribution is 2.20. The molecule has 0 saturated carbocycles. The lowest BCUT2D eigenvalue weighted by atomic mass is 10.1. The Balaban J connectivity index is 2.77. The molecule has 1 rings (SSSR count). The maximum atomic E-state index is 11.3. The van der Waals surface area contributed by atoms with E-state index in [0.717, 1.165) is 5.56 Å². The van der Waals surface area contributed by atoms with Gasteiger partial charge in [-0.05, 0) is 30.7 Å². The molecule has 18 heavy (non-hydrogen) atoms. The number of benzene rings is 1. The van der Waals surface area contributed by atoms with E-state index < -0.39 is 0 Å². The van der Waals surface area contributed by atoms with Crippen molar-refractivity contribution in [2.75, 3.05) is 10.6 Å². The smallest absolute Gasteiger partial charge is 0.238 e. The molecule has 0 bridgehead atoms. The SMILES string of the molecule is CCC(=O)Nc1ccc(NC(=O)CC#N)c(C)c1. The highest BCUT2D eigenvalue weighted by Gasteiger charge is 2.06. The van der Waals surface area contributed by atoms with Gasteiger partial charge in [0, 0.05) is 17.8 Å². The van der Waals surface area contributed by atoms with Gasteiger partial charge in [0.25, 0.3) is 0 Å². The quantitative estimate of drug-likeness (QED) is 0.853.